The summed E-state index contributed by atoms with van der Waals surface area (Å²) in [6, 6.07) is 11.7. The molecule has 0 unspecified atom stereocenters. The zero-order valence-corrected chi connectivity index (χ0v) is 25.3. The Balaban J connectivity index is 1.36. The molecule has 3 aliphatic carbocycles. The number of aromatic nitrogens is 2. The van der Waals surface area contributed by atoms with Gasteiger partial charge in [-0.15, -0.1) is 0 Å². The Bertz CT molecular complexity index is 1740. The van der Waals surface area contributed by atoms with Crippen molar-refractivity contribution in [2.45, 2.75) is 81.9 Å². The van der Waals surface area contributed by atoms with E-state index < -0.39 is 33.6 Å². The molecule has 4 bridgehead atoms. The molecule has 1 aromatic heterocycles. The van der Waals surface area contributed by atoms with Crippen LogP contribution in [0.4, 0.5) is 19.1 Å². The van der Waals surface area contributed by atoms with Crippen LogP contribution < -0.4 is 9.46 Å². The molecule has 44 heavy (non-hydrogen) atoms. The van der Waals surface area contributed by atoms with Gasteiger partial charge in [0.2, 0.25) is 11.8 Å². The lowest BCUT2D eigenvalue weighted by molar-refractivity contribution is -0.193. The number of ether oxygens (including phenoxy) is 1. The smallest absolute Gasteiger partial charge is 0.394 e. The number of fused-ring (bicyclic) bond motifs is 4. The van der Waals surface area contributed by atoms with E-state index in [2.05, 4.69) is 14.7 Å². The monoisotopic (exact) mass is 626 g/mol. The van der Waals surface area contributed by atoms with Gasteiger partial charge in [-0.05, 0) is 93.5 Å². The number of carbonyl (C=O) groups is 1. The van der Waals surface area contributed by atoms with Crippen LogP contribution in [0.2, 0.25) is 0 Å². The Kier molecular flexibility index (Phi) is 6.55. The first-order chi connectivity index (χ1) is 20.8. The molecule has 3 saturated carbocycles. The highest BCUT2D eigenvalue weighted by molar-refractivity contribution is 7.92. The molecular formula is C32H33F3N4O4S. The molecule has 7 rings (SSSR count). The van der Waals surface area contributed by atoms with E-state index in [-0.39, 0.29) is 59.6 Å². The lowest BCUT2D eigenvalue weighted by Gasteiger charge is -2.47. The average molecular weight is 627 g/mol. The molecule has 1 amide bonds. The summed E-state index contributed by atoms with van der Waals surface area (Å²) in [6.07, 6.45) is -1.22. The van der Waals surface area contributed by atoms with Crippen molar-refractivity contribution in [3.63, 3.8) is 0 Å². The maximum atomic E-state index is 14.3. The lowest BCUT2D eigenvalue weighted by Crippen LogP contribution is -2.56. The predicted octanol–water partition coefficient (Wildman–Crippen LogP) is 6.44. The van der Waals surface area contributed by atoms with Crippen LogP contribution in [-0.4, -0.2) is 54.1 Å². The second kappa shape index (κ2) is 9.92. The van der Waals surface area contributed by atoms with Crippen LogP contribution in [-0.2, 0) is 10.0 Å². The summed E-state index contributed by atoms with van der Waals surface area (Å²) >= 11 is 0. The van der Waals surface area contributed by atoms with Crippen molar-refractivity contribution in [1.82, 2.24) is 14.9 Å². The third-order valence-electron chi connectivity index (χ3n) is 9.88. The molecule has 1 spiro atoms. The average Bonchev–Trinajstić information content (AvgIpc) is 3.86. The zero-order chi connectivity index (χ0) is 31.1. The van der Waals surface area contributed by atoms with Crippen molar-refractivity contribution in [3.05, 3.63) is 65.2 Å². The van der Waals surface area contributed by atoms with Gasteiger partial charge in [-0.2, -0.15) is 18.2 Å². The van der Waals surface area contributed by atoms with E-state index in [0.717, 1.165) is 29.5 Å². The summed E-state index contributed by atoms with van der Waals surface area (Å²) in [5.74, 6) is -0.738. The minimum Gasteiger partial charge on any atom is -0.475 e. The first-order valence-electron chi connectivity index (χ1n) is 14.9. The van der Waals surface area contributed by atoms with Crippen molar-refractivity contribution < 1.29 is 31.1 Å². The maximum absolute atomic E-state index is 14.3. The molecule has 8 nitrogen and oxygen atoms in total. The number of alkyl halides is 3. The fourth-order valence-electron chi connectivity index (χ4n) is 6.99. The summed E-state index contributed by atoms with van der Waals surface area (Å²) in [5.41, 5.74) is 1.32. The molecule has 2 aromatic carbocycles. The standard InChI is InChI=1S/C32H33F3N4O4S/c1-19-5-3-6-20(2)27(19)25-14-26-37-29(36-25)38-44(41,42)24-8-4-7-21(13-24)28(40)39(22-15-30(16-22)9-10-30)23(18-43-26)17-31(11-12-31)32(33,34)35/h3-8,13-14,22-23H,9-12,15-18H2,1-2H3,(H,36,37,38)/t23-/m0/s1. The summed E-state index contributed by atoms with van der Waals surface area (Å²) in [7, 11) is -4.24. The van der Waals surface area contributed by atoms with Gasteiger partial charge in [0, 0.05) is 23.2 Å². The second-order valence-electron chi connectivity index (χ2n) is 13.0. The number of rotatable bonds is 4. The number of hydrogen-bond acceptors (Lipinski definition) is 6. The lowest BCUT2D eigenvalue weighted by atomic mass is 9.75. The number of benzene rings is 2. The van der Waals surface area contributed by atoms with Crippen molar-refractivity contribution in [2.75, 3.05) is 11.3 Å². The molecule has 1 aliphatic heterocycles. The van der Waals surface area contributed by atoms with E-state index in [4.69, 9.17) is 4.74 Å². The molecule has 12 heteroatoms. The highest BCUT2D eigenvalue weighted by Crippen LogP contribution is 2.64. The predicted molar refractivity (Wildman–Crippen MR) is 157 cm³/mol. The summed E-state index contributed by atoms with van der Waals surface area (Å²) in [5, 5.41) is 0. The van der Waals surface area contributed by atoms with Gasteiger partial charge < -0.3 is 9.64 Å². The van der Waals surface area contributed by atoms with Crippen LogP contribution in [0.3, 0.4) is 0 Å². The van der Waals surface area contributed by atoms with Crippen LogP contribution >= 0.6 is 0 Å². The Morgan fingerprint density at radius 1 is 1.00 bits per heavy atom. The number of aryl methyl sites for hydroxylation is 2. The van der Waals surface area contributed by atoms with Crippen LogP contribution in [0.25, 0.3) is 11.3 Å². The third-order valence-corrected chi connectivity index (χ3v) is 11.2. The number of anilines is 1. The highest BCUT2D eigenvalue weighted by Gasteiger charge is 2.65. The number of nitrogens with one attached hydrogen (secondary N) is 1. The molecule has 1 N–H and O–H groups in total. The highest BCUT2D eigenvalue weighted by atomic mass is 32.2. The molecule has 2 heterocycles. The topological polar surface area (TPSA) is 101 Å². The number of nitrogens with zero attached hydrogens (tertiary/aromatic N) is 3. The number of amides is 1. The van der Waals surface area contributed by atoms with Gasteiger partial charge >= 0.3 is 6.18 Å². The maximum Gasteiger partial charge on any atom is 0.394 e. The molecule has 0 saturated heterocycles. The summed E-state index contributed by atoms with van der Waals surface area (Å²) in [6.45, 7) is 3.57. The van der Waals surface area contributed by atoms with E-state index in [0.29, 0.717) is 18.5 Å². The van der Waals surface area contributed by atoms with E-state index >= 15 is 0 Å². The molecule has 1 atom stereocenters. The van der Waals surface area contributed by atoms with Gasteiger partial charge in [0.25, 0.3) is 15.9 Å². The van der Waals surface area contributed by atoms with Crippen molar-refractivity contribution >= 4 is 21.9 Å². The van der Waals surface area contributed by atoms with Gasteiger partial charge in [-0.3, -0.25) is 4.79 Å². The van der Waals surface area contributed by atoms with Crippen molar-refractivity contribution in [3.8, 4) is 17.1 Å². The number of carbonyl (C=O) groups excluding carboxylic acids is 1. The minimum absolute atomic E-state index is 0.00263. The Morgan fingerprint density at radius 3 is 2.32 bits per heavy atom. The molecule has 3 fully saturated rings. The summed E-state index contributed by atoms with van der Waals surface area (Å²) in [4.78, 5) is 24.4. The quantitative estimate of drug-likeness (QED) is 0.358. The van der Waals surface area contributed by atoms with Crippen LogP contribution in [0.1, 0.15) is 66.4 Å². The van der Waals surface area contributed by atoms with Crippen LogP contribution in [0.15, 0.2) is 53.4 Å². The largest absolute Gasteiger partial charge is 0.475 e. The Hall–Kier alpha value is -3.67. The fraction of sp³-hybridized carbons (Fsp3) is 0.469. The first-order valence-corrected chi connectivity index (χ1v) is 16.4. The van der Waals surface area contributed by atoms with Gasteiger partial charge in [0.15, 0.2) is 0 Å². The minimum atomic E-state index is -4.42. The number of sulfonamides is 1. The van der Waals surface area contributed by atoms with Gasteiger partial charge in [0.05, 0.1) is 22.0 Å². The number of halogens is 3. The van der Waals surface area contributed by atoms with E-state index in [1.165, 1.54) is 24.3 Å². The normalized spacial score (nSPS) is 23.3. The van der Waals surface area contributed by atoms with Crippen molar-refractivity contribution in [2.24, 2.45) is 10.8 Å². The van der Waals surface area contributed by atoms with Gasteiger partial charge in [0.1, 0.15) is 6.61 Å². The molecule has 4 aliphatic rings. The zero-order valence-electron chi connectivity index (χ0n) is 24.4. The van der Waals surface area contributed by atoms with Crippen LogP contribution in [0.5, 0.6) is 5.88 Å². The van der Waals surface area contributed by atoms with E-state index in [9.17, 15) is 26.4 Å². The molecule has 3 aromatic rings. The summed E-state index contributed by atoms with van der Waals surface area (Å²) < 4.78 is 78.6. The van der Waals surface area contributed by atoms with Gasteiger partial charge in [-0.25, -0.2) is 18.1 Å². The molecule has 0 radical (unpaired) electrons. The van der Waals surface area contributed by atoms with Crippen molar-refractivity contribution in [1.29, 1.82) is 0 Å². The fourth-order valence-corrected chi connectivity index (χ4v) is 7.98. The Morgan fingerprint density at radius 2 is 1.68 bits per heavy atom. The van der Waals surface area contributed by atoms with E-state index in [1.807, 2.05) is 32.0 Å². The molecule has 232 valence electrons. The van der Waals surface area contributed by atoms with Crippen LogP contribution in [0, 0.1) is 24.7 Å². The van der Waals surface area contributed by atoms with Gasteiger partial charge in [-0.1, -0.05) is 24.3 Å². The SMILES string of the molecule is Cc1cccc(C)c1-c1cc2nc(n1)NS(=O)(=O)c1cccc(c1)C(=O)N(C1CC3(CC3)C1)[C@@H](CC1(C(F)(F)F)CC1)CO2. The van der Waals surface area contributed by atoms with E-state index in [1.54, 1.807) is 11.0 Å². The molecular weight excluding hydrogens is 593 g/mol. The second-order valence-corrected chi connectivity index (χ2v) is 14.7. The first kappa shape index (κ1) is 29.1. The third kappa shape index (κ3) is 5.10. The number of hydrogen-bond donors (Lipinski definition) is 1. The Labute approximate surface area is 254 Å².